The lowest BCUT2D eigenvalue weighted by Gasteiger charge is -2.34. The van der Waals surface area contributed by atoms with Gasteiger partial charge in [-0.1, -0.05) is 60.2 Å². The SMILES string of the molecule is Cc1ccc(C(O)(CCC2CN3OC(=O)/C=C\C(=O)ON2OC(=O)/C=C\C(=O)O3)c2ccccc2)cc1. The van der Waals surface area contributed by atoms with E-state index in [1.54, 1.807) is 36.4 Å². The first kappa shape index (κ1) is 25.8. The first-order valence-corrected chi connectivity index (χ1v) is 11.4. The van der Waals surface area contributed by atoms with Crippen LogP contribution >= 0.6 is 0 Å². The monoisotopic (exact) mass is 508 g/mol. The predicted octanol–water partition coefficient (Wildman–Crippen LogP) is 1.96. The maximum absolute atomic E-state index is 12.2. The van der Waals surface area contributed by atoms with Gasteiger partial charge in [0.1, 0.15) is 11.6 Å². The summed E-state index contributed by atoms with van der Waals surface area (Å²) in [6, 6.07) is 15.2. The van der Waals surface area contributed by atoms with Gasteiger partial charge in [-0.2, -0.15) is 0 Å². The topological polar surface area (TPSA) is 132 Å². The predicted molar refractivity (Wildman–Crippen MR) is 125 cm³/mol. The molecule has 2 aliphatic heterocycles. The van der Waals surface area contributed by atoms with Crippen molar-refractivity contribution < 1.29 is 43.6 Å². The lowest BCUT2D eigenvalue weighted by molar-refractivity contribution is -0.372. The Balaban J connectivity index is 1.70. The van der Waals surface area contributed by atoms with Crippen LogP contribution in [0.4, 0.5) is 0 Å². The maximum atomic E-state index is 12.2. The van der Waals surface area contributed by atoms with Crippen molar-refractivity contribution in [1.82, 2.24) is 10.5 Å². The molecule has 2 heterocycles. The van der Waals surface area contributed by atoms with Crippen molar-refractivity contribution in [1.29, 1.82) is 0 Å². The Kier molecular flexibility index (Phi) is 7.77. The maximum Gasteiger partial charge on any atom is 0.353 e. The second kappa shape index (κ2) is 11.2. The van der Waals surface area contributed by atoms with Crippen molar-refractivity contribution in [2.75, 3.05) is 6.54 Å². The normalized spacial score (nSPS) is 25.5. The number of aryl methyl sites for hydroxylation is 1. The Morgan fingerprint density at radius 2 is 1.24 bits per heavy atom. The second-order valence-electron chi connectivity index (χ2n) is 8.39. The van der Waals surface area contributed by atoms with Crippen LogP contribution in [-0.2, 0) is 44.1 Å². The van der Waals surface area contributed by atoms with E-state index in [1.807, 2.05) is 25.1 Å². The Bertz CT molecular complexity index is 1180. The van der Waals surface area contributed by atoms with E-state index in [9.17, 15) is 24.3 Å². The summed E-state index contributed by atoms with van der Waals surface area (Å²) in [4.78, 5) is 69.0. The summed E-state index contributed by atoms with van der Waals surface area (Å²) in [5, 5.41) is 13.2. The zero-order chi connectivity index (χ0) is 26.4. The van der Waals surface area contributed by atoms with Crippen LogP contribution in [0.15, 0.2) is 78.9 Å². The lowest BCUT2D eigenvalue weighted by Crippen LogP contribution is -2.48. The van der Waals surface area contributed by atoms with Gasteiger partial charge in [0.15, 0.2) is 0 Å². The first-order chi connectivity index (χ1) is 17.7. The average Bonchev–Trinajstić information content (AvgIpc) is 2.88. The Labute approximate surface area is 211 Å². The summed E-state index contributed by atoms with van der Waals surface area (Å²) in [6.07, 6.45) is 3.10. The van der Waals surface area contributed by atoms with Crippen molar-refractivity contribution in [2.45, 2.75) is 31.4 Å². The van der Waals surface area contributed by atoms with Gasteiger partial charge in [-0.25, -0.2) is 19.2 Å². The third-order valence-corrected chi connectivity index (χ3v) is 5.73. The molecule has 0 aromatic heterocycles. The molecule has 0 amide bonds. The van der Waals surface area contributed by atoms with E-state index in [4.69, 9.17) is 19.4 Å². The number of carbonyl (C=O) groups is 4. The van der Waals surface area contributed by atoms with Gasteiger partial charge in [0.05, 0.1) is 6.54 Å². The molecular weight excluding hydrogens is 484 g/mol. The van der Waals surface area contributed by atoms with E-state index in [0.29, 0.717) is 21.6 Å². The Hall–Kier alpha value is -4.32. The molecule has 4 rings (SSSR count). The fraction of sp³-hybridized carbons (Fsp3) is 0.231. The van der Waals surface area contributed by atoms with Gasteiger partial charge in [0.2, 0.25) is 0 Å². The van der Waals surface area contributed by atoms with Crippen LogP contribution in [-0.4, -0.2) is 52.0 Å². The molecule has 37 heavy (non-hydrogen) atoms. The molecule has 2 bridgehead atoms. The van der Waals surface area contributed by atoms with Crippen molar-refractivity contribution >= 4 is 23.9 Å². The number of hydroxylamine groups is 4. The molecule has 2 aliphatic rings. The third kappa shape index (κ3) is 6.47. The molecule has 0 aliphatic carbocycles. The highest BCUT2D eigenvalue weighted by Crippen LogP contribution is 2.35. The highest BCUT2D eigenvalue weighted by atomic mass is 17.0. The molecule has 2 aromatic carbocycles. The second-order valence-corrected chi connectivity index (χ2v) is 8.39. The minimum atomic E-state index is -1.50. The molecule has 0 saturated heterocycles. The van der Waals surface area contributed by atoms with E-state index in [2.05, 4.69) is 0 Å². The van der Waals surface area contributed by atoms with Crippen LogP contribution in [0.1, 0.15) is 29.5 Å². The van der Waals surface area contributed by atoms with Crippen LogP contribution in [0.25, 0.3) is 0 Å². The molecule has 11 heteroatoms. The summed E-state index contributed by atoms with van der Waals surface area (Å²) in [5.74, 6) is -4.04. The molecule has 2 atom stereocenters. The minimum absolute atomic E-state index is 0.0128. The molecule has 2 aromatic rings. The van der Waals surface area contributed by atoms with E-state index < -0.39 is 42.1 Å². The van der Waals surface area contributed by atoms with Gasteiger partial charge >= 0.3 is 23.9 Å². The van der Waals surface area contributed by atoms with E-state index >= 15 is 0 Å². The minimum Gasteiger partial charge on any atom is -0.380 e. The van der Waals surface area contributed by atoms with Gasteiger partial charge in [0, 0.05) is 34.8 Å². The van der Waals surface area contributed by atoms with Crippen molar-refractivity contribution in [2.24, 2.45) is 0 Å². The summed E-state index contributed by atoms with van der Waals surface area (Å²) in [6.45, 7) is 1.54. The number of fused-ring (bicyclic) bond motifs is 3. The van der Waals surface area contributed by atoms with Crippen LogP contribution in [0.2, 0.25) is 0 Å². The highest BCUT2D eigenvalue weighted by molar-refractivity contribution is 5.93. The molecular formula is C26H24N2O9. The Morgan fingerprint density at radius 1 is 0.757 bits per heavy atom. The summed E-state index contributed by atoms with van der Waals surface area (Å²) in [7, 11) is 0. The van der Waals surface area contributed by atoms with Crippen LogP contribution in [0, 0.1) is 6.92 Å². The van der Waals surface area contributed by atoms with Gasteiger partial charge in [0.25, 0.3) is 0 Å². The van der Waals surface area contributed by atoms with E-state index in [1.165, 1.54) is 0 Å². The largest absolute Gasteiger partial charge is 0.380 e. The summed E-state index contributed by atoms with van der Waals surface area (Å²) < 4.78 is 0. The fourth-order valence-corrected chi connectivity index (χ4v) is 3.84. The number of carbonyl (C=O) groups excluding carboxylic acids is 4. The fourth-order valence-electron chi connectivity index (χ4n) is 3.84. The van der Waals surface area contributed by atoms with E-state index in [-0.39, 0.29) is 12.8 Å². The van der Waals surface area contributed by atoms with Gasteiger partial charge < -0.3 is 24.5 Å². The van der Waals surface area contributed by atoms with Crippen LogP contribution in [0.3, 0.4) is 0 Å². The molecule has 0 radical (unpaired) electrons. The number of hydrogen-bond donors (Lipinski definition) is 1. The molecule has 1 N–H and O–H groups in total. The zero-order valence-corrected chi connectivity index (χ0v) is 19.8. The van der Waals surface area contributed by atoms with Gasteiger partial charge in [-0.05, 0) is 30.9 Å². The molecule has 0 spiro atoms. The molecule has 192 valence electrons. The quantitative estimate of drug-likeness (QED) is 0.636. The van der Waals surface area contributed by atoms with Crippen LogP contribution in [0.5, 0.6) is 0 Å². The van der Waals surface area contributed by atoms with Gasteiger partial charge in [-0.15, -0.1) is 0 Å². The Morgan fingerprint density at radius 3 is 1.78 bits per heavy atom. The standard InChI is InChI=1S/C26H24N2O9/c1-18-7-9-20(10-8-18)26(33,19-5-3-2-4-6-19)16-15-21-17-27-34-22(29)11-13-24(31)36-28(21)37-25(32)14-12-23(30)35-27/h2-14,21,33H,15-17H2,1H3/b13-11-,14-12-. The smallest absolute Gasteiger partial charge is 0.353 e. The van der Waals surface area contributed by atoms with Crippen LogP contribution < -0.4 is 0 Å². The number of nitrogens with zero attached hydrogens (tertiary/aromatic N) is 2. The zero-order valence-electron chi connectivity index (χ0n) is 19.8. The summed E-state index contributed by atoms with van der Waals surface area (Å²) >= 11 is 0. The van der Waals surface area contributed by atoms with Crippen molar-refractivity contribution in [3.05, 3.63) is 95.6 Å². The molecule has 0 fully saturated rings. The average molecular weight is 508 g/mol. The highest BCUT2D eigenvalue weighted by Gasteiger charge is 2.38. The first-order valence-electron chi connectivity index (χ1n) is 11.4. The number of hydrogen-bond acceptors (Lipinski definition) is 11. The third-order valence-electron chi connectivity index (χ3n) is 5.73. The lowest BCUT2D eigenvalue weighted by atomic mass is 9.81. The molecule has 0 saturated carbocycles. The number of aliphatic hydroxyl groups is 1. The van der Waals surface area contributed by atoms with Crippen molar-refractivity contribution in [3.8, 4) is 0 Å². The summed E-state index contributed by atoms with van der Waals surface area (Å²) in [5.41, 5.74) is 0.706. The van der Waals surface area contributed by atoms with Gasteiger partial charge in [-0.3, -0.25) is 0 Å². The number of rotatable bonds is 5. The molecule has 11 nitrogen and oxygen atoms in total. The van der Waals surface area contributed by atoms with E-state index in [0.717, 1.165) is 29.9 Å². The van der Waals surface area contributed by atoms with Crippen molar-refractivity contribution in [3.63, 3.8) is 0 Å². The molecule has 2 unspecified atom stereocenters. The number of benzene rings is 2.